The second kappa shape index (κ2) is 5.40. The number of halogens is 2. The molecule has 5 heteroatoms. The first-order valence-corrected chi connectivity index (χ1v) is 7.22. The van der Waals surface area contributed by atoms with E-state index >= 15 is 0 Å². The van der Waals surface area contributed by atoms with E-state index in [2.05, 4.69) is 31.9 Å². The van der Waals surface area contributed by atoms with Crippen LogP contribution in [0.4, 0.5) is 0 Å². The Kier molecular flexibility index (Phi) is 5.69. The van der Waals surface area contributed by atoms with Gasteiger partial charge in [-0.1, -0.05) is 45.7 Å². The summed E-state index contributed by atoms with van der Waals surface area (Å²) in [5.74, 6) is 0. The summed E-state index contributed by atoms with van der Waals surface area (Å²) in [7, 11) is -3.07. The topological polar surface area (TPSA) is 34.1 Å². The Balaban J connectivity index is 5.06. The van der Waals surface area contributed by atoms with Crippen LogP contribution in [0.1, 0.15) is 26.7 Å². The maximum absolute atomic E-state index is 11.4. The SMILES string of the molecule is CC/C(Br)=C(/CC)S(=O)(=O)CBr. The Morgan fingerprint density at radius 2 is 1.75 bits per heavy atom. The minimum absolute atomic E-state index is 0.00171. The molecule has 72 valence electrons. The Morgan fingerprint density at radius 3 is 2.00 bits per heavy atom. The first-order valence-electron chi connectivity index (χ1n) is 3.65. The summed E-state index contributed by atoms with van der Waals surface area (Å²) in [4.78, 5) is 0.502. The maximum atomic E-state index is 11.4. The highest BCUT2D eigenvalue weighted by Crippen LogP contribution is 2.24. The van der Waals surface area contributed by atoms with Crippen LogP contribution in [0.2, 0.25) is 0 Å². The fraction of sp³-hybridized carbons (Fsp3) is 0.714. The summed E-state index contributed by atoms with van der Waals surface area (Å²) in [5.41, 5.74) is 0. The van der Waals surface area contributed by atoms with Crippen molar-refractivity contribution in [3.63, 3.8) is 0 Å². The number of rotatable bonds is 4. The highest BCUT2D eigenvalue weighted by Gasteiger charge is 2.16. The molecule has 2 nitrogen and oxygen atoms in total. The first kappa shape index (κ1) is 12.7. The lowest BCUT2D eigenvalue weighted by Gasteiger charge is -2.06. The lowest BCUT2D eigenvalue weighted by atomic mass is 10.3. The van der Waals surface area contributed by atoms with Crippen molar-refractivity contribution in [2.45, 2.75) is 26.7 Å². The van der Waals surface area contributed by atoms with Gasteiger partial charge in [-0.25, -0.2) is 8.42 Å². The molecule has 0 rings (SSSR count). The van der Waals surface area contributed by atoms with Gasteiger partial charge in [0.2, 0.25) is 0 Å². The number of hydrogen-bond donors (Lipinski definition) is 0. The van der Waals surface area contributed by atoms with Crippen LogP contribution in [0, 0.1) is 0 Å². The van der Waals surface area contributed by atoms with Crippen LogP contribution in [-0.2, 0) is 9.84 Å². The molecule has 0 aliphatic carbocycles. The van der Waals surface area contributed by atoms with Gasteiger partial charge >= 0.3 is 0 Å². The van der Waals surface area contributed by atoms with Gasteiger partial charge in [0.05, 0.1) is 4.91 Å². The standard InChI is InChI=1S/C7H12Br2O2S/c1-3-6(9)7(4-2)12(10,11)5-8/h3-5H2,1-2H3/b7-6+. The minimum atomic E-state index is -3.07. The third kappa shape index (κ3) is 3.18. The van der Waals surface area contributed by atoms with Gasteiger partial charge in [0, 0.05) is 4.48 Å². The second-order valence-corrected chi connectivity index (χ2v) is 6.53. The van der Waals surface area contributed by atoms with E-state index in [4.69, 9.17) is 0 Å². The summed E-state index contributed by atoms with van der Waals surface area (Å²) >= 11 is 6.23. The maximum Gasteiger partial charge on any atom is 0.185 e. The molecule has 0 atom stereocenters. The highest BCUT2D eigenvalue weighted by atomic mass is 79.9. The van der Waals surface area contributed by atoms with Crippen LogP contribution in [0.15, 0.2) is 9.39 Å². The predicted molar refractivity (Wildman–Crippen MR) is 59.2 cm³/mol. The zero-order valence-corrected chi connectivity index (χ0v) is 11.1. The van der Waals surface area contributed by atoms with Crippen molar-refractivity contribution >= 4 is 41.7 Å². The third-order valence-electron chi connectivity index (χ3n) is 1.45. The van der Waals surface area contributed by atoms with E-state index in [1.165, 1.54) is 0 Å². The lowest BCUT2D eigenvalue weighted by molar-refractivity contribution is 0.605. The molecule has 12 heavy (non-hydrogen) atoms. The molecule has 0 saturated carbocycles. The zero-order valence-electron chi connectivity index (χ0n) is 7.10. The van der Waals surface area contributed by atoms with Crippen molar-refractivity contribution in [2.75, 3.05) is 4.66 Å². The summed E-state index contributed by atoms with van der Waals surface area (Å²) < 4.78 is 23.6. The van der Waals surface area contributed by atoms with Gasteiger partial charge in [0.25, 0.3) is 0 Å². The molecule has 0 amide bonds. The molecule has 0 aromatic heterocycles. The molecule has 0 aromatic rings. The Bertz CT molecular complexity index is 267. The third-order valence-corrected chi connectivity index (χ3v) is 6.14. The second-order valence-electron chi connectivity index (χ2n) is 2.26. The smallest absolute Gasteiger partial charge is 0.185 e. The number of alkyl halides is 1. The van der Waals surface area contributed by atoms with Gasteiger partial charge in [-0.15, -0.1) is 0 Å². The lowest BCUT2D eigenvalue weighted by Crippen LogP contribution is -2.05. The summed E-state index contributed by atoms with van der Waals surface area (Å²) in [5, 5.41) is 0. The average Bonchev–Trinajstić information content (AvgIpc) is 2.05. The Labute approximate surface area is 90.6 Å². The van der Waals surface area contributed by atoms with Crippen LogP contribution < -0.4 is 0 Å². The molecule has 0 unspecified atom stereocenters. The van der Waals surface area contributed by atoms with Crippen molar-refractivity contribution in [1.29, 1.82) is 0 Å². The fourth-order valence-electron chi connectivity index (χ4n) is 0.843. The van der Waals surface area contributed by atoms with E-state index in [-0.39, 0.29) is 4.66 Å². The average molecular weight is 320 g/mol. The molecule has 0 aliphatic heterocycles. The van der Waals surface area contributed by atoms with Crippen molar-refractivity contribution < 1.29 is 8.42 Å². The van der Waals surface area contributed by atoms with Gasteiger partial charge in [0.15, 0.2) is 9.84 Å². The summed E-state index contributed by atoms with van der Waals surface area (Å²) in [6.07, 6.45) is 1.26. The van der Waals surface area contributed by atoms with E-state index < -0.39 is 9.84 Å². The summed E-state index contributed by atoms with van der Waals surface area (Å²) in [6, 6.07) is 0. The molecule has 0 bridgehead atoms. The number of hydrogen-bond acceptors (Lipinski definition) is 2. The Morgan fingerprint density at radius 1 is 1.25 bits per heavy atom. The molecule has 0 spiro atoms. The first-order chi connectivity index (χ1) is 5.49. The molecule has 0 N–H and O–H groups in total. The monoisotopic (exact) mass is 318 g/mol. The van der Waals surface area contributed by atoms with Crippen LogP contribution >= 0.6 is 31.9 Å². The molecule has 0 aromatic carbocycles. The quantitative estimate of drug-likeness (QED) is 0.746. The van der Waals surface area contributed by atoms with Crippen molar-refractivity contribution in [2.24, 2.45) is 0 Å². The zero-order chi connectivity index (χ0) is 9.78. The van der Waals surface area contributed by atoms with Crippen molar-refractivity contribution in [1.82, 2.24) is 0 Å². The number of sulfone groups is 1. The van der Waals surface area contributed by atoms with Crippen LogP contribution in [-0.4, -0.2) is 13.1 Å². The molecular weight excluding hydrogens is 308 g/mol. The van der Waals surface area contributed by atoms with Gasteiger partial charge in [-0.3, -0.25) is 0 Å². The van der Waals surface area contributed by atoms with Gasteiger partial charge in [-0.05, 0) is 12.8 Å². The normalized spacial score (nSPS) is 14.3. The van der Waals surface area contributed by atoms with Crippen molar-refractivity contribution in [3.05, 3.63) is 9.39 Å². The van der Waals surface area contributed by atoms with E-state index in [0.29, 0.717) is 11.3 Å². The van der Waals surface area contributed by atoms with E-state index in [1.54, 1.807) is 0 Å². The fourth-order valence-corrected chi connectivity index (χ4v) is 3.75. The van der Waals surface area contributed by atoms with Gasteiger partial charge < -0.3 is 0 Å². The van der Waals surface area contributed by atoms with Crippen LogP contribution in [0.3, 0.4) is 0 Å². The van der Waals surface area contributed by atoms with E-state index in [0.717, 1.165) is 10.9 Å². The minimum Gasteiger partial charge on any atom is -0.223 e. The van der Waals surface area contributed by atoms with Crippen molar-refractivity contribution in [3.8, 4) is 0 Å². The van der Waals surface area contributed by atoms with E-state index in [1.807, 2.05) is 13.8 Å². The molecule has 0 aliphatic rings. The summed E-state index contributed by atoms with van der Waals surface area (Å²) in [6.45, 7) is 3.76. The Hall–Kier alpha value is 0.650. The molecule has 0 fully saturated rings. The van der Waals surface area contributed by atoms with Crippen LogP contribution in [0.25, 0.3) is 0 Å². The highest BCUT2D eigenvalue weighted by molar-refractivity contribution is 9.12. The molecule has 0 radical (unpaired) electrons. The molecule has 0 saturated heterocycles. The number of allylic oxidation sites excluding steroid dienone is 2. The predicted octanol–water partition coefficient (Wildman–Crippen LogP) is 3.18. The van der Waals surface area contributed by atoms with E-state index in [9.17, 15) is 8.42 Å². The van der Waals surface area contributed by atoms with Gasteiger partial charge in [-0.2, -0.15) is 0 Å². The molecular formula is C7H12Br2O2S. The molecule has 0 heterocycles. The van der Waals surface area contributed by atoms with Crippen LogP contribution in [0.5, 0.6) is 0 Å². The largest absolute Gasteiger partial charge is 0.223 e. The van der Waals surface area contributed by atoms with Gasteiger partial charge in [0.1, 0.15) is 4.66 Å².